The Bertz CT molecular complexity index is 953. The monoisotopic (exact) mass is 405 g/mol. The molecule has 0 saturated heterocycles. The molecule has 148 valence electrons. The van der Waals surface area contributed by atoms with E-state index in [1.165, 1.54) is 5.56 Å². The lowest BCUT2D eigenvalue weighted by Gasteiger charge is -2.08. The third-order valence-corrected chi connectivity index (χ3v) is 4.33. The van der Waals surface area contributed by atoms with E-state index in [1.807, 2.05) is 48.5 Å². The minimum atomic E-state index is 0.407. The van der Waals surface area contributed by atoms with Gasteiger partial charge in [-0.15, -0.1) is 0 Å². The first-order valence-electron chi connectivity index (χ1n) is 9.15. The molecule has 0 bridgehead atoms. The number of thiocarbonyl (C=S) groups is 1. The largest absolute Gasteiger partial charge is 0.497 e. The van der Waals surface area contributed by atoms with Gasteiger partial charge >= 0.3 is 0 Å². The zero-order valence-corrected chi connectivity index (χ0v) is 17.2. The first-order chi connectivity index (χ1) is 14.1. The van der Waals surface area contributed by atoms with E-state index in [-0.39, 0.29) is 0 Å². The van der Waals surface area contributed by atoms with Crippen molar-refractivity contribution in [1.29, 1.82) is 0 Å². The molecule has 0 spiro atoms. The van der Waals surface area contributed by atoms with Crippen LogP contribution in [0.1, 0.15) is 16.7 Å². The third kappa shape index (κ3) is 6.62. The van der Waals surface area contributed by atoms with E-state index in [2.05, 4.69) is 47.0 Å². The number of hydrogen-bond donors (Lipinski definition) is 2. The molecule has 5 nitrogen and oxygen atoms in total. The predicted octanol–water partition coefficient (Wildman–Crippen LogP) is 4.90. The van der Waals surface area contributed by atoms with Crippen LogP contribution >= 0.6 is 12.2 Å². The second-order valence-electron chi connectivity index (χ2n) is 6.40. The number of benzene rings is 3. The van der Waals surface area contributed by atoms with Gasteiger partial charge in [-0.05, 0) is 78.8 Å². The summed E-state index contributed by atoms with van der Waals surface area (Å²) >= 11 is 5.24. The number of nitrogens with zero attached hydrogens (tertiary/aromatic N) is 1. The summed E-state index contributed by atoms with van der Waals surface area (Å²) in [7, 11) is 1.63. The maximum atomic E-state index is 5.81. The van der Waals surface area contributed by atoms with E-state index >= 15 is 0 Å². The zero-order valence-electron chi connectivity index (χ0n) is 16.4. The average molecular weight is 406 g/mol. The maximum Gasteiger partial charge on any atom is 0.191 e. The van der Waals surface area contributed by atoms with Gasteiger partial charge in [-0.3, -0.25) is 5.43 Å². The molecule has 3 rings (SSSR count). The highest BCUT2D eigenvalue weighted by Crippen LogP contribution is 2.15. The van der Waals surface area contributed by atoms with E-state index in [4.69, 9.17) is 21.7 Å². The summed E-state index contributed by atoms with van der Waals surface area (Å²) in [4.78, 5) is 0. The highest BCUT2D eigenvalue weighted by Gasteiger charge is 1.98. The molecule has 0 aliphatic heterocycles. The highest BCUT2D eigenvalue weighted by atomic mass is 32.1. The number of nitrogens with one attached hydrogen (secondary N) is 2. The molecule has 0 fully saturated rings. The van der Waals surface area contributed by atoms with Crippen LogP contribution in [0.5, 0.6) is 11.5 Å². The molecule has 0 unspecified atom stereocenters. The number of methoxy groups -OCH3 is 1. The Morgan fingerprint density at radius 1 is 0.931 bits per heavy atom. The molecule has 0 saturated carbocycles. The number of anilines is 1. The highest BCUT2D eigenvalue weighted by molar-refractivity contribution is 7.80. The van der Waals surface area contributed by atoms with Crippen LogP contribution < -0.4 is 20.2 Å². The molecule has 3 aromatic carbocycles. The van der Waals surface area contributed by atoms with Crippen LogP contribution in [-0.4, -0.2) is 18.4 Å². The molecular formula is C23H23N3O2S. The van der Waals surface area contributed by atoms with Crippen LogP contribution in [0.2, 0.25) is 0 Å². The molecule has 6 heteroatoms. The second-order valence-corrected chi connectivity index (χ2v) is 6.80. The summed E-state index contributed by atoms with van der Waals surface area (Å²) in [5.74, 6) is 1.60. The molecule has 0 radical (unpaired) electrons. The van der Waals surface area contributed by atoms with Crippen LogP contribution in [0.15, 0.2) is 77.9 Å². The standard InChI is InChI=1S/C23H23N3O2S/c1-17-3-5-19(6-4-17)16-28-22-11-7-18(8-12-22)15-24-26-23(29)25-20-9-13-21(27-2)14-10-20/h3-15H,16H2,1-2H3,(H2,25,26,29)/b24-15+. The van der Waals surface area contributed by atoms with E-state index < -0.39 is 0 Å². The maximum absolute atomic E-state index is 5.81. The van der Waals surface area contributed by atoms with Crippen molar-refractivity contribution in [2.45, 2.75) is 13.5 Å². The number of hydrogen-bond acceptors (Lipinski definition) is 4. The van der Waals surface area contributed by atoms with Gasteiger partial charge in [-0.25, -0.2) is 0 Å². The van der Waals surface area contributed by atoms with Gasteiger partial charge in [0.2, 0.25) is 0 Å². The second kappa shape index (κ2) is 10.2. The van der Waals surface area contributed by atoms with Crippen LogP contribution in [-0.2, 0) is 6.61 Å². The Balaban J connectivity index is 1.45. The minimum absolute atomic E-state index is 0.407. The molecular weight excluding hydrogens is 382 g/mol. The molecule has 0 aromatic heterocycles. The molecule has 3 aromatic rings. The lowest BCUT2D eigenvalue weighted by atomic mass is 10.2. The number of ether oxygens (including phenoxy) is 2. The average Bonchev–Trinajstić information content (AvgIpc) is 2.75. The van der Waals surface area contributed by atoms with Gasteiger partial charge in [0.25, 0.3) is 0 Å². The first-order valence-corrected chi connectivity index (χ1v) is 9.56. The van der Waals surface area contributed by atoms with E-state index in [9.17, 15) is 0 Å². The van der Waals surface area contributed by atoms with E-state index in [1.54, 1.807) is 13.3 Å². The minimum Gasteiger partial charge on any atom is -0.497 e. The Labute approximate surface area is 176 Å². The molecule has 0 amide bonds. The zero-order chi connectivity index (χ0) is 20.5. The fourth-order valence-corrected chi connectivity index (χ4v) is 2.67. The van der Waals surface area contributed by atoms with Crippen LogP contribution in [0.25, 0.3) is 0 Å². The smallest absolute Gasteiger partial charge is 0.191 e. The van der Waals surface area contributed by atoms with Crippen molar-refractivity contribution >= 4 is 29.2 Å². The van der Waals surface area contributed by atoms with Crippen LogP contribution in [0.4, 0.5) is 5.69 Å². The number of hydrazone groups is 1. The van der Waals surface area contributed by atoms with Crippen molar-refractivity contribution in [3.8, 4) is 11.5 Å². The van der Waals surface area contributed by atoms with Crippen molar-refractivity contribution in [1.82, 2.24) is 5.43 Å². The van der Waals surface area contributed by atoms with Crippen LogP contribution in [0, 0.1) is 6.92 Å². The summed E-state index contributed by atoms with van der Waals surface area (Å²) in [5, 5.41) is 7.62. The van der Waals surface area contributed by atoms with Crippen molar-refractivity contribution in [2.24, 2.45) is 5.10 Å². The molecule has 0 aliphatic carbocycles. The van der Waals surface area contributed by atoms with Gasteiger partial charge in [0.05, 0.1) is 13.3 Å². The number of aryl methyl sites for hydroxylation is 1. The Hall–Kier alpha value is -3.38. The van der Waals surface area contributed by atoms with Gasteiger partial charge in [-0.2, -0.15) is 5.10 Å². The van der Waals surface area contributed by atoms with Crippen molar-refractivity contribution < 1.29 is 9.47 Å². The van der Waals surface area contributed by atoms with Crippen LogP contribution in [0.3, 0.4) is 0 Å². The Kier molecular flexibility index (Phi) is 7.19. The van der Waals surface area contributed by atoms with Gasteiger partial charge in [0.1, 0.15) is 18.1 Å². The quantitative estimate of drug-likeness (QED) is 0.333. The summed E-state index contributed by atoms with van der Waals surface area (Å²) in [5.41, 5.74) is 6.98. The Morgan fingerprint density at radius 2 is 1.59 bits per heavy atom. The first kappa shape index (κ1) is 20.4. The summed E-state index contributed by atoms with van der Waals surface area (Å²) in [6.45, 7) is 2.61. The topological polar surface area (TPSA) is 54.9 Å². The van der Waals surface area contributed by atoms with Crippen molar-refractivity contribution in [3.05, 3.63) is 89.5 Å². The molecule has 0 heterocycles. The van der Waals surface area contributed by atoms with Gasteiger partial charge in [-0.1, -0.05) is 29.8 Å². The number of rotatable bonds is 7. The molecule has 2 N–H and O–H groups in total. The normalized spacial score (nSPS) is 10.6. The molecule has 29 heavy (non-hydrogen) atoms. The van der Waals surface area contributed by atoms with Gasteiger partial charge in [0, 0.05) is 5.69 Å². The van der Waals surface area contributed by atoms with E-state index in [0.717, 1.165) is 28.3 Å². The van der Waals surface area contributed by atoms with Crippen molar-refractivity contribution in [2.75, 3.05) is 12.4 Å². The van der Waals surface area contributed by atoms with E-state index in [0.29, 0.717) is 11.7 Å². The third-order valence-electron chi connectivity index (χ3n) is 4.13. The lowest BCUT2D eigenvalue weighted by Crippen LogP contribution is -2.23. The molecule has 0 aliphatic rings. The van der Waals surface area contributed by atoms with Crippen molar-refractivity contribution in [3.63, 3.8) is 0 Å². The fourth-order valence-electron chi connectivity index (χ4n) is 2.50. The lowest BCUT2D eigenvalue weighted by molar-refractivity contribution is 0.306. The Morgan fingerprint density at radius 3 is 2.24 bits per heavy atom. The fraction of sp³-hybridized carbons (Fsp3) is 0.130. The van der Waals surface area contributed by atoms with Gasteiger partial charge in [0.15, 0.2) is 5.11 Å². The summed E-state index contributed by atoms with van der Waals surface area (Å²) < 4.78 is 10.9. The van der Waals surface area contributed by atoms with Gasteiger partial charge < -0.3 is 14.8 Å². The summed E-state index contributed by atoms with van der Waals surface area (Å²) in [6, 6.07) is 23.5. The summed E-state index contributed by atoms with van der Waals surface area (Å²) in [6.07, 6.45) is 1.70. The molecule has 0 atom stereocenters. The predicted molar refractivity (Wildman–Crippen MR) is 122 cm³/mol. The SMILES string of the molecule is COc1ccc(NC(=S)N/N=C/c2ccc(OCc3ccc(C)cc3)cc2)cc1.